The second kappa shape index (κ2) is 7.06. The Morgan fingerprint density at radius 1 is 0.967 bits per heavy atom. The number of hydrogen-bond donors (Lipinski definition) is 1. The van der Waals surface area contributed by atoms with Gasteiger partial charge >= 0.3 is 0 Å². The molecule has 1 N–H and O–H groups in total. The van der Waals surface area contributed by atoms with Gasteiger partial charge in [0, 0.05) is 19.3 Å². The number of aromatic hydroxyl groups is 1. The van der Waals surface area contributed by atoms with Crippen LogP contribution in [0.1, 0.15) is 46.1 Å². The summed E-state index contributed by atoms with van der Waals surface area (Å²) in [6.07, 6.45) is 4.06. The molecule has 2 atom stereocenters. The Morgan fingerprint density at radius 2 is 1.70 bits per heavy atom. The van der Waals surface area contributed by atoms with Crippen molar-refractivity contribution >= 4 is 5.91 Å². The van der Waals surface area contributed by atoms with E-state index in [1.54, 1.807) is 22.8 Å². The third kappa shape index (κ3) is 2.71. The van der Waals surface area contributed by atoms with Gasteiger partial charge in [0.15, 0.2) is 11.4 Å². The molecular formula is C24H23N3O3. The van der Waals surface area contributed by atoms with E-state index in [1.165, 1.54) is 17.2 Å². The maximum atomic E-state index is 13.1. The first-order valence-electron chi connectivity index (χ1n) is 10.2. The van der Waals surface area contributed by atoms with Crippen molar-refractivity contribution in [3.05, 3.63) is 99.5 Å². The average molecular weight is 401 g/mol. The van der Waals surface area contributed by atoms with E-state index in [-0.39, 0.29) is 23.8 Å². The first-order chi connectivity index (χ1) is 14.6. The summed E-state index contributed by atoms with van der Waals surface area (Å²) in [5.41, 5.74) is 2.99. The smallest absolute Gasteiger partial charge is 0.277 e. The molecule has 0 saturated carbocycles. The van der Waals surface area contributed by atoms with Gasteiger partial charge in [0.05, 0.1) is 6.04 Å². The number of carbonyl (C=O) groups is 1. The van der Waals surface area contributed by atoms with Crippen LogP contribution in [0.25, 0.3) is 0 Å². The molecule has 2 aliphatic heterocycles. The van der Waals surface area contributed by atoms with Crippen LogP contribution >= 0.6 is 0 Å². The molecule has 0 bridgehead atoms. The van der Waals surface area contributed by atoms with Gasteiger partial charge in [-0.15, -0.1) is 0 Å². The molecule has 1 amide bonds. The van der Waals surface area contributed by atoms with Crippen LogP contribution in [0.2, 0.25) is 0 Å². The molecule has 0 unspecified atom stereocenters. The summed E-state index contributed by atoms with van der Waals surface area (Å²) in [6.45, 7) is 0. The molecule has 152 valence electrons. The minimum absolute atomic E-state index is 0.0141. The van der Waals surface area contributed by atoms with E-state index in [2.05, 4.69) is 35.3 Å². The normalized spacial score (nSPS) is 20.6. The highest BCUT2D eigenvalue weighted by molar-refractivity contribution is 5.96. The summed E-state index contributed by atoms with van der Waals surface area (Å²) < 4.78 is 1.68. The number of benzene rings is 2. The lowest BCUT2D eigenvalue weighted by Crippen LogP contribution is -2.61. The maximum absolute atomic E-state index is 13.1. The zero-order valence-electron chi connectivity index (χ0n) is 16.7. The minimum atomic E-state index is -0.551. The molecule has 6 heteroatoms. The Balaban J connectivity index is 1.83. The topological polar surface area (TPSA) is 65.8 Å². The predicted octanol–water partition coefficient (Wildman–Crippen LogP) is 3.03. The molecule has 0 fully saturated rings. The summed E-state index contributed by atoms with van der Waals surface area (Å²) in [6, 6.07) is 19.7. The van der Waals surface area contributed by atoms with Crippen molar-refractivity contribution in [3.63, 3.8) is 0 Å². The van der Waals surface area contributed by atoms with E-state index in [4.69, 9.17) is 0 Å². The third-order valence-corrected chi connectivity index (χ3v) is 6.22. The number of carbonyl (C=O) groups excluding carboxylic acids is 1. The van der Waals surface area contributed by atoms with Gasteiger partial charge in [-0.3, -0.25) is 19.3 Å². The first kappa shape index (κ1) is 18.5. The van der Waals surface area contributed by atoms with Gasteiger partial charge in [-0.05, 0) is 36.0 Å². The maximum Gasteiger partial charge on any atom is 0.277 e. The van der Waals surface area contributed by atoms with Crippen LogP contribution in [0.5, 0.6) is 5.75 Å². The number of aromatic nitrogens is 1. The molecule has 0 radical (unpaired) electrons. The molecule has 5 rings (SSSR count). The monoisotopic (exact) mass is 401 g/mol. The molecule has 2 aromatic carbocycles. The molecule has 0 spiro atoms. The van der Waals surface area contributed by atoms with E-state index in [1.807, 2.05) is 24.3 Å². The van der Waals surface area contributed by atoms with E-state index in [0.29, 0.717) is 0 Å². The van der Waals surface area contributed by atoms with Crippen LogP contribution in [0.4, 0.5) is 0 Å². The molecule has 3 heterocycles. The molecular weight excluding hydrogens is 378 g/mol. The largest absolute Gasteiger partial charge is 0.502 e. The minimum Gasteiger partial charge on any atom is -0.502 e. The lowest BCUT2D eigenvalue weighted by Gasteiger charge is -2.50. The van der Waals surface area contributed by atoms with Crippen LogP contribution in [-0.4, -0.2) is 33.8 Å². The molecule has 0 saturated heterocycles. The van der Waals surface area contributed by atoms with Crippen LogP contribution < -0.4 is 10.4 Å². The summed E-state index contributed by atoms with van der Waals surface area (Å²) in [4.78, 5) is 26.9. The quantitative estimate of drug-likeness (QED) is 0.681. The Bertz CT molecular complexity index is 1170. The van der Waals surface area contributed by atoms with Gasteiger partial charge in [0.25, 0.3) is 5.91 Å². The summed E-state index contributed by atoms with van der Waals surface area (Å²) in [5, 5.41) is 12.6. The standard InChI is InChI=1S/C24H23N3O3/c1-25-20-13-7-11-16-8-5-6-12-18(16)21(17-9-3-2-4-10-17)27(20)26-15-14-19(28)23(29)22(26)24(25)30/h2-6,8-10,12,14-15,20-21,29H,7,11,13H2,1H3/t20-,21-/m1/s1. The molecule has 0 aliphatic carbocycles. The van der Waals surface area contributed by atoms with Crippen molar-refractivity contribution in [3.8, 4) is 5.75 Å². The van der Waals surface area contributed by atoms with Crippen molar-refractivity contribution in [2.24, 2.45) is 0 Å². The Hall–Kier alpha value is -3.54. The van der Waals surface area contributed by atoms with Crippen molar-refractivity contribution in [1.82, 2.24) is 9.58 Å². The average Bonchev–Trinajstić information content (AvgIpc) is 2.75. The van der Waals surface area contributed by atoms with Crippen molar-refractivity contribution in [1.29, 1.82) is 0 Å². The SMILES string of the molecule is CN1C(=O)c2c(O)c(=O)ccn2N2[C@H](c3ccccc3)c3ccccc3CCC[C@H]12. The van der Waals surface area contributed by atoms with Gasteiger partial charge < -0.3 is 10.0 Å². The lowest BCUT2D eigenvalue weighted by molar-refractivity contribution is 0.0600. The second-order valence-corrected chi connectivity index (χ2v) is 7.90. The van der Waals surface area contributed by atoms with Crippen molar-refractivity contribution in [2.45, 2.75) is 31.5 Å². The Morgan fingerprint density at radius 3 is 2.50 bits per heavy atom. The molecule has 1 aromatic heterocycles. The third-order valence-electron chi connectivity index (χ3n) is 6.22. The highest BCUT2D eigenvalue weighted by atomic mass is 16.3. The molecule has 6 nitrogen and oxygen atoms in total. The number of nitrogens with zero attached hydrogens (tertiary/aromatic N) is 3. The summed E-state index contributed by atoms with van der Waals surface area (Å²) in [5.74, 6) is -0.845. The van der Waals surface area contributed by atoms with Gasteiger partial charge in [-0.2, -0.15) is 0 Å². The fraction of sp³-hybridized carbons (Fsp3) is 0.250. The van der Waals surface area contributed by atoms with Crippen molar-refractivity contribution < 1.29 is 9.90 Å². The number of hydrogen-bond acceptors (Lipinski definition) is 4. The van der Waals surface area contributed by atoms with E-state index in [9.17, 15) is 14.7 Å². The second-order valence-electron chi connectivity index (χ2n) is 7.90. The van der Waals surface area contributed by atoms with Crippen molar-refractivity contribution in [2.75, 3.05) is 12.1 Å². The van der Waals surface area contributed by atoms with Gasteiger partial charge in [-0.25, -0.2) is 0 Å². The molecule has 2 aliphatic rings. The number of fused-ring (bicyclic) bond motifs is 4. The van der Waals surface area contributed by atoms with E-state index < -0.39 is 11.2 Å². The van der Waals surface area contributed by atoms with E-state index >= 15 is 0 Å². The fourth-order valence-electron chi connectivity index (χ4n) is 4.77. The summed E-state index contributed by atoms with van der Waals surface area (Å²) in [7, 11) is 1.75. The highest BCUT2D eigenvalue weighted by Gasteiger charge is 2.42. The number of amides is 1. The van der Waals surface area contributed by atoms with Gasteiger partial charge in [0.2, 0.25) is 5.43 Å². The predicted molar refractivity (Wildman–Crippen MR) is 114 cm³/mol. The zero-order chi connectivity index (χ0) is 20.8. The fourth-order valence-corrected chi connectivity index (χ4v) is 4.77. The number of pyridine rings is 1. The number of rotatable bonds is 1. The summed E-state index contributed by atoms with van der Waals surface area (Å²) >= 11 is 0. The molecule has 3 aromatic rings. The van der Waals surface area contributed by atoms with Crippen LogP contribution in [0.15, 0.2) is 71.7 Å². The Kier molecular flexibility index (Phi) is 4.35. The lowest BCUT2D eigenvalue weighted by atomic mass is 9.88. The molecule has 30 heavy (non-hydrogen) atoms. The Labute approximate surface area is 174 Å². The first-order valence-corrected chi connectivity index (χ1v) is 10.2. The highest BCUT2D eigenvalue weighted by Crippen LogP contribution is 2.38. The van der Waals surface area contributed by atoms with Crippen LogP contribution in [0.3, 0.4) is 0 Å². The van der Waals surface area contributed by atoms with Crippen LogP contribution in [0, 0.1) is 0 Å². The van der Waals surface area contributed by atoms with Gasteiger partial charge in [0.1, 0.15) is 6.17 Å². The zero-order valence-corrected chi connectivity index (χ0v) is 16.7. The number of aryl methyl sites for hydroxylation is 1. The van der Waals surface area contributed by atoms with Gasteiger partial charge in [-0.1, -0.05) is 54.6 Å². The van der Waals surface area contributed by atoms with E-state index in [0.717, 1.165) is 24.8 Å². The van der Waals surface area contributed by atoms with Crippen LogP contribution in [-0.2, 0) is 6.42 Å².